The maximum absolute atomic E-state index is 16.0. The molecule has 46 heavy (non-hydrogen) atoms. The molecule has 0 radical (unpaired) electrons. The van der Waals surface area contributed by atoms with Gasteiger partial charge >= 0.3 is 0 Å². The second kappa shape index (κ2) is 8.55. The summed E-state index contributed by atoms with van der Waals surface area (Å²) in [4.78, 5) is 47.6. The van der Waals surface area contributed by atoms with E-state index in [-0.39, 0.29) is 17.6 Å². The molecule has 4 heteroatoms. The third-order valence-electron chi connectivity index (χ3n) is 11.2. The van der Waals surface area contributed by atoms with E-state index >= 15 is 14.4 Å². The van der Waals surface area contributed by atoms with Crippen molar-refractivity contribution in [1.82, 2.24) is 0 Å². The van der Waals surface area contributed by atoms with E-state index < -0.39 is 22.7 Å². The molecule has 1 saturated carbocycles. The van der Waals surface area contributed by atoms with Crippen LogP contribution in [0.15, 0.2) is 133 Å². The number of ketones is 1. The third kappa shape index (κ3) is 2.65. The fraction of sp³-hybridized carbons (Fsp3) is 0.119. The van der Waals surface area contributed by atoms with Gasteiger partial charge in [-0.3, -0.25) is 14.4 Å². The van der Waals surface area contributed by atoms with Gasteiger partial charge in [0.25, 0.3) is 0 Å². The smallest absolute Gasteiger partial charge is 0.239 e. The van der Waals surface area contributed by atoms with Crippen LogP contribution in [0.25, 0.3) is 32.3 Å². The Morgan fingerprint density at radius 3 is 1.43 bits per heavy atom. The molecule has 2 fully saturated rings. The van der Waals surface area contributed by atoms with Gasteiger partial charge in [-0.25, -0.2) is 4.90 Å². The van der Waals surface area contributed by atoms with Crippen molar-refractivity contribution in [1.29, 1.82) is 0 Å². The topological polar surface area (TPSA) is 54.5 Å². The Balaban J connectivity index is 1.46. The molecule has 2 aliphatic carbocycles. The molecular weight excluding hydrogens is 566 g/mol. The number of para-hydroxylation sites is 1. The molecule has 7 aromatic carbocycles. The largest absolute Gasteiger partial charge is 0.297 e. The van der Waals surface area contributed by atoms with Gasteiger partial charge in [-0.1, -0.05) is 127 Å². The van der Waals surface area contributed by atoms with Gasteiger partial charge in [-0.05, 0) is 73.1 Å². The zero-order valence-electron chi connectivity index (χ0n) is 25.0. The van der Waals surface area contributed by atoms with Crippen molar-refractivity contribution in [3.05, 3.63) is 161 Å². The number of hydrogen-bond acceptors (Lipinski definition) is 3. The van der Waals surface area contributed by atoms with Gasteiger partial charge in [0.05, 0.1) is 28.4 Å². The Morgan fingerprint density at radius 1 is 0.500 bits per heavy atom. The highest BCUT2D eigenvalue weighted by Crippen LogP contribution is 2.73. The first-order valence-electron chi connectivity index (χ1n) is 15.8. The molecule has 3 aliphatic rings. The van der Waals surface area contributed by atoms with Crippen molar-refractivity contribution < 1.29 is 14.4 Å². The fourth-order valence-electron chi connectivity index (χ4n) is 9.70. The van der Waals surface area contributed by atoms with E-state index in [2.05, 4.69) is 36.4 Å². The number of carbonyl (C=O) groups excluding carboxylic acids is 3. The number of aryl methyl sites for hydroxylation is 1. The highest BCUT2D eigenvalue weighted by Gasteiger charge is 2.82. The molecule has 1 heterocycles. The van der Waals surface area contributed by atoms with Crippen molar-refractivity contribution in [2.75, 3.05) is 4.90 Å². The zero-order valence-corrected chi connectivity index (χ0v) is 25.0. The number of anilines is 1. The zero-order chi connectivity index (χ0) is 30.9. The number of benzene rings is 7. The number of nitrogens with zero attached hydrogens (tertiary/aromatic N) is 1. The quantitative estimate of drug-likeness (QED) is 0.155. The highest BCUT2D eigenvalue weighted by molar-refractivity contribution is 6.36. The molecule has 4 atom stereocenters. The summed E-state index contributed by atoms with van der Waals surface area (Å²) in [5.74, 6) is -2.52. The first-order chi connectivity index (χ1) is 22.5. The van der Waals surface area contributed by atoms with Crippen molar-refractivity contribution >= 4 is 55.6 Å². The Kier molecular flexibility index (Phi) is 4.78. The summed E-state index contributed by atoms with van der Waals surface area (Å²) >= 11 is 0. The van der Waals surface area contributed by atoms with Crippen molar-refractivity contribution in [2.24, 2.45) is 11.8 Å². The van der Waals surface area contributed by atoms with Crippen molar-refractivity contribution in [3.63, 3.8) is 0 Å². The van der Waals surface area contributed by atoms with Crippen LogP contribution >= 0.6 is 0 Å². The molecular formula is C42H27NO3. The van der Waals surface area contributed by atoms with Crippen LogP contribution < -0.4 is 4.90 Å². The average molecular weight is 594 g/mol. The molecule has 1 aliphatic heterocycles. The minimum absolute atomic E-state index is 0.0784. The maximum Gasteiger partial charge on any atom is 0.239 e. The molecule has 0 spiro atoms. The van der Waals surface area contributed by atoms with Crippen LogP contribution in [-0.2, 0) is 25.2 Å². The van der Waals surface area contributed by atoms with Crippen LogP contribution in [0.5, 0.6) is 0 Å². The number of rotatable bonds is 3. The van der Waals surface area contributed by atoms with Gasteiger partial charge in [0.15, 0.2) is 5.78 Å². The fourth-order valence-corrected chi connectivity index (χ4v) is 9.70. The van der Waals surface area contributed by atoms with E-state index in [1.807, 2.05) is 104 Å². The second-order valence-electron chi connectivity index (χ2n) is 13.1. The summed E-state index contributed by atoms with van der Waals surface area (Å²) in [5.41, 5.74) is 1.94. The van der Waals surface area contributed by atoms with Gasteiger partial charge < -0.3 is 0 Å². The van der Waals surface area contributed by atoms with E-state index in [4.69, 9.17) is 0 Å². The van der Waals surface area contributed by atoms with Crippen LogP contribution in [-0.4, -0.2) is 17.6 Å². The number of amides is 2. The average Bonchev–Trinajstić information content (AvgIpc) is 3.61. The molecule has 4 nitrogen and oxygen atoms in total. The molecule has 1 saturated heterocycles. The lowest BCUT2D eigenvalue weighted by Gasteiger charge is -2.38. The summed E-state index contributed by atoms with van der Waals surface area (Å²) in [6.07, 6.45) is 0. The molecule has 2 bridgehead atoms. The standard InChI is InChI=1S/C42H27NO3/c1-24-12-8-9-21-31(24)43-38(44)36-37(39(43)45)42(28-17-6-3-7-18-28)35-30-20-11-14-26-23-22-25-13-10-19-29(32(25)33(26)30)34(35)41(36,40(42)46)27-15-4-2-5-16-27/h2-23,36-37H,1H3/t36-,37+,41-,42-/m0/s1. The molecule has 0 unspecified atom stereocenters. The van der Waals surface area contributed by atoms with Gasteiger partial charge in [0.1, 0.15) is 0 Å². The number of imide groups is 1. The first-order valence-corrected chi connectivity index (χ1v) is 15.8. The SMILES string of the molecule is Cc1ccccc1N1C(=O)[C@@H]2[C@H](C1=O)[C@@]1(c3ccccc3)C(=O)[C@@]2(c2ccccc2)c2c1c1cccc3ccc4cccc2c4c31. The van der Waals surface area contributed by atoms with E-state index in [1.165, 1.54) is 4.90 Å². The highest BCUT2D eigenvalue weighted by atomic mass is 16.2. The van der Waals surface area contributed by atoms with E-state index in [0.717, 1.165) is 60.1 Å². The van der Waals surface area contributed by atoms with Gasteiger partial charge in [0, 0.05) is 0 Å². The van der Waals surface area contributed by atoms with Gasteiger partial charge in [0.2, 0.25) is 11.8 Å². The summed E-state index contributed by atoms with van der Waals surface area (Å²) in [6, 6.07) is 43.9. The molecule has 0 aromatic heterocycles. The first kappa shape index (κ1) is 25.7. The Bertz CT molecular complexity index is 2320. The monoisotopic (exact) mass is 593 g/mol. The van der Waals surface area contributed by atoms with Gasteiger partial charge in [-0.15, -0.1) is 0 Å². The summed E-state index contributed by atoms with van der Waals surface area (Å²) in [7, 11) is 0. The molecule has 218 valence electrons. The lowest BCUT2D eigenvalue weighted by Crippen LogP contribution is -2.45. The predicted molar refractivity (Wildman–Crippen MR) is 180 cm³/mol. The minimum atomic E-state index is -1.37. The molecule has 10 rings (SSSR count). The molecule has 0 N–H and O–H groups in total. The number of hydrogen-bond donors (Lipinski definition) is 0. The summed E-state index contributed by atoms with van der Waals surface area (Å²) in [6.45, 7) is 1.92. The lowest BCUT2D eigenvalue weighted by atomic mass is 9.59. The Labute approximate surface area is 265 Å². The van der Waals surface area contributed by atoms with Gasteiger partial charge in [-0.2, -0.15) is 0 Å². The normalized spacial score (nSPS) is 24.9. The predicted octanol–water partition coefficient (Wildman–Crippen LogP) is 7.87. The Hall–Kier alpha value is -5.61. The van der Waals surface area contributed by atoms with E-state index in [1.54, 1.807) is 0 Å². The van der Waals surface area contributed by atoms with Crippen LogP contribution in [0.3, 0.4) is 0 Å². The van der Waals surface area contributed by atoms with Crippen molar-refractivity contribution in [2.45, 2.75) is 17.8 Å². The van der Waals surface area contributed by atoms with E-state index in [0.29, 0.717) is 5.69 Å². The maximum atomic E-state index is 16.0. The molecule has 2 amide bonds. The Morgan fingerprint density at radius 2 is 0.957 bits per heavy atom. The van der Waals surface area contributed by atoms with Crippen LogP contribution in [0.1, 0.15) is 27.8 Å². The van der Waals surface area contributed by atoms with Crippen molar-refractivity contribution in [3.8, 4) is 0 Å². The second-order valence-corrected chi connectivity index (χ2v) is 13.1. The van der Waals surface area contributed by atoms with E-state index in [9.17, 15) is 0 Å². The van der Waals surface area contributed by atoms with Crippen LogP contribution in [0.2, 0.25) is 0 Å². The minimum Gasteiger partial charge on any atom is -0.297 e. The molecule has 7 aromatic rings. The third-order valence-corrected chi connectivity index (χ3v) is 11.2. The number of fused-ring (bicyclic) bond motifs is 10. The number of carbonyl (C=O) groups is 3. The lowest BCUT2D eigenvalue weighted by molar-refractivity contribution is -0.130. The summed E-state index contributed by atoms with van der Waals surface area (Å²) in [5, 5.41) is 6.31. The number of Topliss-reactive ketones (excluding diaryl/α,β-unsaturated/α-hetero) is 1. The van der Waals surface area contributed by atoms with Crippen LogP contribution in [0.4, 0.5) is 5.69 Å². The van der Waals surface area contributed by atoms with Crippen LogP contribution in [0, 0.1) is 18.8 Å². The summed E-state index contributed by atoms with van der Waals surface area (Å²) < 4.78 is 0.